The number of anilines is 1. The van der Waals surface area contributed by atoms with E-state index in [-0.39, 0.29) is 24.1 Å². The number of amides is 1. The van der Waals surface area contributed by atoms with E-state index in [1.54, 1.807) is 41.5 Å². The van der Waals surface area contributed by atoms with Gasteiger partial charge in [-0.1, -0.05) is 29.3 Å². The predicted molar refractivity (Wildman–Crippen MR) is 115 cm³/mol. The summed E-state index contributed by atoms with van der Waals surface area (Å²) in [5.41, 5.74) is 1.68. The Kier molecular flexibility index (Phi) is 6.20. The van der Waals surface area contributed by atoms with Crippen LogP contribution in [0.3, 0.4) is 0 Å². The van der Waals surface area contributed by atoms with Crippen LogP contribution in [0.25, 0.3) is 0 Å². The second kappa shape index (κ2) is 9.20. The Balaban J connectivity index is 1.33. The quantitative estimate of drug-likeness (QED) is 0.428. The fourth-order valence-corrected chi connectivity index (χ4v) is 3.08. The van der Waals surface area contributed by atoms with Gasteiger partial charge in [-0.2, -0.15) is 10.2 Å². The van der Waals surface area contributed by atoms with Crippen molar-refractivity contribution in [3.63, 3.8) is 0 Å². The van der Waals surface area contributed by atoms with E-state index in [4.69, 9.17) is 27.9 Å². The molecule has 4 rings (SSSR count). The second-order valence-corrected chi connectivity index (χ2v) is 7.41. The number of hydrogen-bond donors (Lipinski definition) is 1. The van der Waals surface area contributed by atoms with E-state index in [1.165, 1.54) is 28.9 Å². The Bertz CT molecular complexity index is 1210. The minimum absolute atomic E-state index is 0.0838. The summed E-state index contributed by atoms with van der Waals surface area (Å²) in [7, 11) is 0. The molecule has 0 saturated carbocycles. The van der Waals surface area contributed by atoms with Crippen LogP contribution in [0.2, 0.25) is 10.0 Å². The van der Waals surface area contributed by atoms with E-state index in [0.717, 1.165) is 5.56 Å². The van der Waals surface area contributed by atoms with Crippen LogP contribution in [0.1, 0.15) is 16.1 Å². The molecule has 2 aromatic heterocycles. The van der Waals surface area contributed by atoms with Gasteiger partial charge in [0.05, 0.1) is 28.5 Å². The molecule has 2 heterocycles. The van der Waals surface area contributed by atoms with E-state index in [9.17, 15) is 9.18 Å². The van der Waals surface area contributed by atoms with Gasteiger partial charge in [0, 0.05) is 12.4 Å². The zero-order chi connectivity index (χ0) is 21.8. The largest absolute Gasteiger partial charge is 0.471 e. The highest BCUT2D eigenvalue weighted by Gasteiger charge is 2.12. The molecule has 4 aromatic rings. The van der Waals surface area contributed by atoms with Crippen molar-refractivity contribution in [3.8, 4) is 5.75 Å². The normalized spacial score (nSPS) is 10.8. The monoisotopic (exact) mass is 459 g/mol. The summed E-state index contributed by atoms with van der Waals surface area (Å²) in [6, 6.07) is 12.6. The Hall–Kier alpha value is -3.36. The Morgan fingerprint density at radius 1 is 1.06 bits per heavy atom. The zero-order valence-electron chi connectivity index (χ0n) is 16.0. The molecule has 0 aliphatic carbocycles. The van der Waals surface area contributed by atoms with Gasteiger partial charge in [-0.15, -0.1) is 0 Å². The lowest BCUT2D eigenvalue weighted by atomic mass is 10.2. The van der Waals surface area contributed by atoms with E-state index < -0.39 is 0 Å². The van der Waals surface area contributed by atoms with Crippen LogP contribution in [0, 0.1) is 5.82 Å². The van der Waals surface area contributed by atoms with Crippen molar-refractivity contribution in [1.82, 2.24) is 19.6 Å². The molecule has 2 aromatic carbocycles. The Morgan fingerprint density at radius 3 is 2.65 bits per heavy atom. The van der Waals surface area contributed by atoms with Crippen LogP contribution >= 0.6 is 23.2 Å². The van der Waals surface area contributed by atoms with Crippen molar-refractivity contribution in [2.24, 2.45) is 0 Å². The summed E-state index contributed by atoms with van der Waals surface area (Å²) in [5.74, 6) is -0.224. The van der Waals surface area contributed by atoms with Crippen molar-refractivity contribution >= 4 is 34.8 Å². The molecular formula is C21H16Cl2FN5O2. The van der Waals surface area contributed by atoms with Gasteiger partial charge in [0.1, 0.15) is 11.6 Å². The molecule has 0 radical (unpaired) electrons. The van der Waals surface area contributed by atoms with Gasteiger partial charge in [-0.25, -0.2) is 9.07 Å². The molecule has 0 unspecified atom stereocenters. The number of carbonyl (C=O) groups excluding carboxylic acids is 1. The number of aromatic nitrogens is 4. The first-order valence-corrected chi connectivity index (χ1v) is 9.91. The van der Waals surface area contributed by atoms with E-state index in [0.29, 0.717) is 28.0 Å². The first-order valence-electron chi connectivity index (χ1n) is 9.16. The third kappa shape index (κ3) is 5.42. The number of halogens is 3. The topological polar surface area (TPSA) is 74.0 Å². The fourth-order valence-electron chi connectivity index (χ4n) is 2.76. The van der Waals surface area contributed by atoms with Gasteiger partial charge in [-0.3, -0.25) is 9.48 Å². The molecular weight excluding hydrogens is 444 g/mol. The number of nitrogens with one attached hydrogen (secondary N) is 1. The molecule has 1 N–H and O–H groups in total. The fraction of sp³-hybridized carbons (Fsp3) is 0.0952. The standard InChI is InChI=1S/C21H16Cl2FN5O2/c22-18-6-1-14(9-19(18)23)11-29-12-16(10-25-29)26-21(30)20-7-8-28(27-20)13-31-17-4-2-15(24)3-5-17/h1-10,12H,11,13H2,(H,26,30). The summed E-state index contributed by atoms with van der Waals surface area (Å²) in [6.45, 7) is 0.558. The molecule has 0 fully saturated rings. The molecule has 10 heteroatoms. The van der Waals surface area contributed by atoms with Crippen LogP contribution in [0.4, 0.5) is 10.1 Å². The molecule has 0 saturated heterocycles. The Labute approximate surface area is 187 Å². The number of ether oxygens (including phenoxy) is 1. The number of nitrogens with zero attached hydrogens (tertiary/aromatic N) is 4. The highest BCUT2D eigenvalue weighted by atomic mass is 35.5. The van der Waals surface area contributed by atoms with Crippen LogP contribution in [0.15, 0.2) is 67.1 Å². The maximum Gasteiger partial charge on any atom is 0.276 e. The molecule has 7 nitrogen and oxygen atoms in total. The average molecular weight is 460 g/mol. The third-order valence-electron chi connectivity index (χ3n) is 4.27. The van der Waals surface area contributed by atoms with Crippen molar-refractivity contribution in [3.05, 3.63) is 94.2 Å². The molecule has 31 heavy (non-hydrogen) atoms. The highest BCUT2D eigenvalue weighted by molar-refractivity contribution is 6.42. The van der Waals surface area contributed by atoms with E-state index in [1.807, 2.05) is 6.07 Å². The molecule has 0 atom stereocenters. The summed E-state index contributed by atoms with van der Waals surface area (Å²) in [4.78, 5) is 12.5. The lowest BCUT2D eigenvalue weighted by Crippen LogP contribution is -2.14. The summed E-state index contributed by atoms with van der Waals surface area (Å²) >= 11 is 12.0. The SMILES string of the molecule is O=C(Nc1cnn(Cc2ccc(Cl)c(Cl)c2)c1)c1ccn(COc2ccc(F)cc2)n1. The number of hydrogen-bond acceptors (Lipinski definition) is 4. The minimum Gasteiger partial charge on any atom is -0.471 e. The maximum atomic E-state index is 12.9. The average Bonchev–Trinajstić information content (AvgIpc) is 3.40. The van der Waals surface area contributed by atoms with Crippen LogP contribution in [0.5, 0.6) is 5.75 Å². The third-order valence-corrected chi connectivity index (χ3v) is 5.01. The number of benzene rings is 2. The summed E-state index contributed by atoms with van der Waals surface area (Å²) in [5, 5.41) is 12.1. The van der Waals surface area contributed by atoms with Gasteiger partial charge < -0.3 is 10.1 Å². The number of carbonyl (C=O) groups is 1. The van der Waals surface area contributed by atoms with Crippen molar-refractivity contribution in [2.75, 3.05) is 5.32 Å². The van der Waals surface area contributed by atoms with Gasteiger partial charge in [-0.05, 0) is 48.0 Å². The van der Waals surface area contributed by atoms with Gasteiger partial charge in [0.25, 0.3) is 5.91 Å². The number of rotatable bonds is 7. The highest BCUT2D eigenvalue weighted by Crippen LogP contribution is 2.23. The molecule has 0 bridgehead atoms. The van der Waals surface area contributed by atoms with Gasteiger partial charge in [0.15, 0.2) is 12.4 Å². The smallest absolute Gasteiger partial charge is 0.276 e. The van der Waals surface area contributed by atoms with Crippen molar-refractivity contribution < 1.29 is 13.9 Å². The van der Waals surface area contributed by atoms with E-state index in [2.05, 4.69) is 15.5 Å². The summed E-state index contributed by atoms with van der Waals surface area (Å²) in [6.07, 6.45) is 4.87. The molecule has 0 spiro atoms. The zero-order valence-corrected chi connectivity index (χ0v) is 17.5. The molecule has 1 amide bonds. The van der Waals surface area contributed by atoms with Crippen LogP contribution < -0.4 is 10.1 Å². The van der Waals surface area contributed by atoms with Gasteiger partial charge in [0.2, 0.25) is 0 Å². The molecule has 158 valence electrons. The summed E-state index contributed by atoms with van der Waals surface area (Å²) < 4.78 is 21.6. The first kappa shape index (κ1) is 20.9. The van der Waals surface area contributed by atoms with Crippen molar-refractivity contribution in [1.29, 1.82) is 0 Å². The first-order chi connectivity index (χ1) is 15.0. The minimum atomic E-state index is -0.380. The van der Waals surface area contributed by atoms with Crippen molar-refractivity contribution in [2.45, 2.75) is 13.3 Å². The van der Waals surface area contributed by atoms with Crippen LogP contribution in [-0.4, -0.2) is 25.5 Å². The Morgan fingerprint density at radius 2 is 1.87 bits per heavy atom. The predicted octanol–water partition coefficient (Wildman–Crippen LogP) is 4.86. The van der Waals surface area contributed by atoms with Gasteiger partial charge >= 0.3 is 0 Å². The van der Waals surface area contributed by atoms with E-state index >= 15 is 0 Å². The molecule has 0 aliphatic rings. The lowest BCUT2D eigenvalue weighted by molar-refractivity contribution is 0.102. The maximum absolute atomic E-state index is 12.9. The van der Waals surface area contributed by atoms with Crippen LogP contribution in [-0.2, 0) is 13.3 Å². The molecule has 0 aliphatic heterocycles. The lowest BCUT2D eigenvalue weighted by Gasteiger charge is -2.05. The second-order valence-electron chi connectivity index (χ2n) is 6.60.